The quantitative estimate of drug-likeness (QED) is 0.673. The van der Waals surface area contributed by atoms with Crippen LogP contribution in [0, 0.1) is 5.92 Å². The van der Waals surface area contributed by atoms with Gasteiger partial charge in [-0.2, -0.15) is 0 Å². The molecule has 6 nitrogen and oxygen atoms in total. The zero-order valence-electron chi connectivity index (χ0n) is 14.1. The van der Waals surface area contributed by atoms with Crippen LogP contribution in [-0.2, 0) is 0 Å². The van der Waals surface area contributed by atoms with E-state index in [0.29, 0.717) is 29.2 Å². The van der Waals surface area contributed by atoms with Gasteiger partial charge in [-0.25, -0.2) is 0 Å². The normalized spacial score (nSPS) is 20.3. The molecule has 1 aromatic carbocycles. The number of hydrogen-bond donors (Lipinski definition) is 3. The third kappa shape index (κ3) is 2.99. The van der Waals surface area contributed by atoms with E-state index in [4.69, 9.17) is 0 Å². The smallest absolute Gasteiger partial charge is 0.255 e. The highest BCUT2D eigenvalue weighted by molar-refractivity contribution is 6.06. The van der Waals surface area contributed by atoms with Crippen LogP contribution in [0.2, 0.25) is 0 Å². The summed E-state index contributed by atoms with van der Waals surface area (Å²) in [4.78, 5) is 31.9. The van der Waals surface area contributed by atoms with Crippen LogP contribution in [0.4, 0.5) is 0 Å². The Kier molecular flexibility index (Phi) is 4.26. The zero-order valence-corrected chi connectivity index (χ0v) is 14.1. The SMILES string of the molecule is O=C(N[C@H](c1ccccn1)C1CC(O)C1)c1c[nH]c(=O)c2ccccc12. The Morgan fingerprint density at radius 1 is 1.15 bits per heavy atom. The Morgan fingerprint density at radius 2 is 1.88 bits per heavy atom. The number of pyridine rings is 2. The Hall–Kier alpha value is -2.99. The largest absolute Gasteiger partial charge is 0.393 e. The van der Waals surface area contributed by atoms with E-state index >= 15 is 0 Å². The van der Waals surface area contributed by atoms with Crippen molar-refractivity contribution in [1.29, 1.82) is 0 Å². The van der Waals surface area contributed by atoms with Gasteiger partial charge in [0.15, 0.2) is 0 Å². The first-order valence-electron chi connectivity index (χ1n) is 8.64. The van der Waals surface area contributed by atoms with Crippen LogP contribution in [0.3, 0.4) is 0 Å². The molecular weight excluding hydrogens is 330 g/mol. The minimum absolute atomic E-state index is 0.137. The topological polar surface area (TPSA) is 95.1 Å². The van der Waals surface area contributed by atoms with Crippen LogP contribution in [0.25, 0.3) is 10.8 Å². The number of hydrogen-bond acceptors (Lipinski definition) is 4. The fourth-order valence-corrected chi connectivity index (χ4v) is 3.51. The Bertz CT molecular complexity index is 994. The molecule has 2 heterocycles. The van der Waals surface area contributed by atoms with Gasteiger partial charge in [0.05, 0.1) is 23.4 Å². The first-order chi connectivity index (χ1) is 12.6. The lowest BCUT2D eigenvalue weighted by Crippen LogP contribution is -2.42. The fraction of sp³-hybridized carbons (Fsp3) is 0.250. The van der Waals surface area contributed by atoms with E-state index in [1.54, 1.807) is 30.5 Å². The Labute approximate surface area is 149 Å². The van der Waals surface area contributed by atoms with Crippen molar-refractivity contribution in [3.8, 4) is 0 Å². The van der Waals surface area contributed by atoms with Gasteiger partial charge < -0.3 is 15.4 Å². The summed E-state index contributed by atoms with van der Waals surface area (Å²) in [6, 6.07) is 12.3. The number of rotatable bonds is 4. The van der Waals surface area contributed by atoms with Crippen molar-refractivity contribution in [2.75, 3.05) is 0 Å². The van der Waals surface area contributed by atoms with Crippen molar-refractivity contribution < 1.29 is 9.90 Å². The summed E-state index contributed by atoms with van der Waals surface area (Å²) < 4.78 is 0. The summed E-state index contributed by atoms with van der Waals surface area (Å²) in [6.07, 6.45) is 4.09. The number of carbonyl (C=O) groups excluding carboxylic acids is 1. The molecule has 1 saturated carbocycles. The van der Waals surface area contributed by atoms with Crippen molar-refractivity contribution >= 4 is 16.7 Å². The van der Waals surface area contributed by atoms with Gasteiger partial charge in [0.2, 0.25) is 0 Å². The Morgan fingerprint density at radius 3 is 2.58 bits per heavy atom. The molecule has 4 rings (SSSR count). The molecule has 1 aliphatic rings. The first-order valence-corrected chi connectivity index (χ1v) is 8.64. The van der Waals surface area contributed by atoms with Crippen molar-refractivity contribution in [3.63, 3.8) is 0 Å². The lowest BCUT2D eigenvalue weighted by molar-refractivity contribution is 0.0228. The maximum absolute atomic E-state index is 13.0. The van der Waals surface area contributed by atoms with Gasteiger partial charge in [0, 0.05) is 23.2 Å². The second-order valence-electron chi connectivity index (χ2n) is 6.67. The minimum Gasteiger partial charge on any atom is -0.393 e. The average molecular weight is 349 g/mol. The van der Waals surface area contributed by atoms with Crippen molar-refractivity contribution in [1.82, 2.24) is 15.3 Å². The van der Waals surface area contributed by atoms with Crippen molar-refractivity contribution in [2.45, 2.75) is 25.0 Å². The van der Waals surface area contributed by atoms with Crippen molar-refractivity contribution in [2.24, 2.45) is 5.92 Å². The van der Waals surface area contributed by atoms with E-state index in [0.717, 1.165) is 5.69 Å². The molecule has 1 amide bonds. The summed E-state index contributed by atoms with van der Waals surface area (Å²) in [5.41, 5.74) is 0.966. The van der Waals surface area contributed by atoms with Gasteiger partial charge in [-0.15, -0.1) is 0 Å². The van der Waals surface area contributed by atoms with E-state index < -0.39 is 0 Å². The zero-order chi connectivity index (χ0) is 18.1. The molecule has 0 bridgehead atoms. The van der Waals surface area contributed by atoms with Gasteiger partial charge >= 0.3 is 0 Å². The summed E-state index contributed by atoms with van der Waals surface area (Å²) in [5.74, 6) is -0.132. The second-order valence-corrected chi connectivity index (χ2v) is 6.67. The lowest BCUT2D eigenvalue weighted by atomic mass is 9.76. The van der Waals surface area contributed by atoms with Gasteiger partial charge in [0.1, 0.15) is 0 Å². The highest BCUT2D eigenvalue weighted by Gasteiger charge is 2.36. The number of carbonyl (C=O) groups is 1. The number of H-pyrrole nitrogens is 1. The molecule has 1 aliphatic carbocycles. The van der Waals surface area contributed by atoms with Crippen LogP contribution in [0.15, 0.2) is 59.7 Å². The summed E-state index contributed by atoms with van der Waals surface area (Å²) in [6.45, 7) is 0. The van der Waals surface area contributed by atoms with Crippen molar-refractivity contribution in [3.05, 3.63) is 76.5 Å². The summed E-state index contributed by atoms with van der Waals surface area (Å²) >= 11 is 0. The molecule has 0 unspecified atom stereocenters. The molecule has 0 saturated heterocycles. The standard InChI is InChI=1S/C20H19N3O3/c24-13-9-12(10-13)18(17-7-3-4-8-21-17)23-20(26)16-11-22-19(25)15-6-2-1-5-14(15)16/h1-8,11-13,18,24H,9-10H2,(H,22,25)(H,23,26)/t12?,13?,18-/m0/s1. The molecule has 2 aromatic heterocycles. The number of aromatic nitrogens is 2. The fourth-order valence-electron chi connectivity index (χ4n) is 3.51. The molecule has 132 valence electrons. The van der Waals surface area contributed by atoms with E-state index in [2.05, 4.69) is 15.3 Å². The summed E-state index contributed by atoms with van der Waals surface area (Å²) in [7, 11) is 0. The third-order valence-electron chi connectivity index (χ3n) is 4.97. The number of aliphatic hydroxyl groups excluding tert-OH is 1. The first kappa shape index (κ1) is 16.5. The van der Waals surface area contributed by atoms with Crippen LogP contribution >= 0.6 is 0 Å². The number of nitrogens with one attached hydrogen (secondary N) is 2. The molecule has 6 heteroatoms. The maximum Gasteiger partial charge on any atom is 0.255 e. The number of benzene rings is 1. The molecule has 0 aliphatic heterocycles. The third-order valence-corrected chi connectivity index (χ3v) is 4.97. The number of amides is 1. The molecule has 26 heavy (non-hydrogen) atoms. The molecule has 0 radical (unpaired) electrons. The monoisotopic (exact) mass is 349 g/mol. The minimum atomic E-state index is -0.322. The molecule has 0 spiro atoms. The second kappa shape index (κ2) is 6.72. The predicted molar refractivity (Wildman–Crippen MR) is 97.7 cm³/mol. The van der Waals surface area contributed by atoms with Gasteiger partial charge in [-0.3, -0.25) is 14.6 Å². The summed E-state index contributed by atoms with van der Waals surface area (Å²) in [5, 5.41) is 13.8. The Balaban J connectivity index is 1.67. The number of fused-ring (bicyclic) bond motifs is 1. The maximum atomic E-state index is 13.0. The number of aliphatic hydroxyl groups is 1. The van der Waals surface area contributed by atoms with Crippen LogP contribution in [-0.4, -0.2) is 27.1 Å². The highest BCUT2D eigenvalue weighted by Crippen LogP contribution is 2.37. The molecular formula is C20H19N3O3. The number of nitrogens with zero attached hydrogens (tertiary/aromatic N) is 1. The van der Waals surface area contributed by atoms with Crippen LogP contribution < -0.4 is 10.9 Å². The molecule has 1 fully saturated rings. The predicted octanol–water partition coefficient (Wildman–Crippen LogP) is 2.17. The molecule has 3 aromatic rings. The van der Waals surface area contributed by atoms with Gasteiger partial charge in [-0.1, -0.05) is 24.3 Å². The molecule has 3 N–H and O–H groups in total. The lowest BCUT2D eigenvalue weighted by Gasteiger charge is -2.37. The molecule has 1 atom stereocenters. The number of aromatic amines is 1. The van der Waals surface area contributed by atoms with E-state index in [1.165, 1.54) is 6.20 Å². The van der Waals surface area contributed by atoms with Gasteiger partial charge in [0.25, 0.3) is 11.5 Å². The van der Waals surface area contributed by atoms with E-state index in [9.17, 15) is 14.7 Å². The van der Waals surface area contributed by atoms with E-state index in [-0.39, 0.29) is 29.5 Å². The van der Waals surface area contributed by atoms with Crippen LogP contribution in [0.1, 0.15) is 34.9 Å². The average Bonchev–Trinajstić information content (AvgIpc) is 2.65. The van der Waals surface area contributed by atoms with Gasteiger partial charge in [-0.05, 0) is 37.0 Å². The van der Waals surface area contributed by atoms with E-state index in [1.807, 2.05) is 18.2 Å². The van der Waals surface area contributed by atoms with Crippen LogP contribution in [0.5, 0.6) is 0 Å². The highest BCUT2D eigenvalue weighted by atomic mass is 16.3.